The van der Waals surface area contributed by atoms with Crippen LogP contribution in [0.5, 0.6) is 0 Å². The van der Waals surface area contributed by atoms with Gasteiger partial charge in [0, 0.05) is 0 Å². The van der Waals surface area contributed by atoms with E-state index in [9.17, 15) is 8.78 Å². The van der Waals surface area contributed by atoms with E-state index in [-0.39, 0.29) is 5.95 Å². The van der Waals surface area contributed by atoms with Crippen molar-refractivity contribution in [3.8, 4) is 0 Å². The summed E-state index contributed by atoms with van der Waals surface area (Å²) in [5.74, 6) is 0.153. The fraction of sp³-hybridized carbons (Fsp3) is 0.333. The first-order valence-electron chi connectivity index (χ1n) is 3.18. The third kappa shape index (κ3) is 2.96. The number of nitrogens with one attached hydrogen (secondary N) is 1. The van der Waals surface area contributed by atoms with Gasteiger partial charge in [0.25, 0.3) is 6.43 Å². The van der Waals surface area contributed by atoms with Crippen molar-refractivity contribution in [2.24, 2.45) is 0 Å². The summed E-state index contributed by atoms with van der Waals surface area (Å²) >= 11 is 5.47. The Morgan fingerprint density at radius 3 is 2.50 bits per heavy atom. The quantitative estimate of drug-likeness (QED) is 0.796. The van der Waals surface area contributed by atoms with E-state index in [0.717, 1.165) is 0 Å². The fourth-order valence-corrected chi connectivity index (χ4v) is 0.670. The van der Waals surface area contributed by atoms with Gasteiger partial charge in [-0.25, -0.2) is 18.7 Å². The normalized spacial score (nSPS) is 10.3. The number of halogens is 3. The van der Waals surface area contributed by atoms with Crippen molar-refractivity contribution < 1.29 is 8.78 Å². The lowest BCUT2D eigenvalue weighted by atomic mass is 10.6. The van der Waals surface area contributed by atoms with Gasteiger partial charge in [-0.05, 0) is 0 Å². The maximum absolute atomic E-state index is 11.7. The molecule has 0 spiro atoms. The molecule has 12 heavy (non-hydrogen) atoms. The minimum Gasteiger partial charge on any atom is -0.348 e. The van der Waals surface area contributed by atoms with Crippen LogP contribution in [0.15, 0.2) is 12.4 Å². The Morgan fingerprint density at radius 1 is 1.42 bits per heavy atom. The van der Waals surface area contributed by atoms with Gasteiger partial charge in [0.2, 0.25) is 5.95 Å². The fourth-order valence-electron chi connectivity index (χ4n) is 0.572. The van der Waals surface area contributed by atoms with Crippen LogP contribution in [-0.2, 0) is 0 Å². The summed E-state index contributed by atoms with van der Waals surface area (Å²) in [5.41, 5.74) is 0. The number of hydrogen-bond acceptors (Lipinski definition) is 3. The van der Waals surface area contributed by atoms with Gasteiger partial charge in [-0.15, -0.1) is 0 Å². The topological polar surface area (TPSA) is 37.8 Å². The van der Waals surface area contributed by atoms with Crippen molar-refractivity contribution in [3.05, 3.63) is 17.4 Å². The van der Waals surface area contributed by atoms with E-state index in [1.807, 2.05) is 0 Å². The molecule has 66 valence electrons. The lowest BCUT2D eigenvalue weighted by molar-refractivity contribution is 0.163. The number of rotatable bonds is 3. The van der Waals surface area contributed by atoms with Crippen LogP contribution >= 0.6 is 11.6 Å². The van der Waals surface area contributed by atoms with Gasteiger partial charge in [0.05, 0.1) is 24.0 Å². The van der Waals surface area contributed by atoms with Gasteiger partial charge < -0.3 is 5.32 Å². The Balaban J connectivity index is 2.48. The largest absolute Gasteiger partial charge is 0.348 e. The Labute approximate surface area is 72.8 Å². The second-order valence-corrected chi connectivity index (χ2v) is 2.43. The molecule has 0 radical (unpaired) electrons. The Hall–Kier alpha value is -0.970. The molecule has 0 unspecified atom stereocenters. The first-order chi connectivity index (χ1) is 5.68. The SMILES string of the molecule is FC(F)CNc1ncc(Cl)cn1. The van der Waals surface area contributed by atoms with Crippen molar-refractivity contribution in [2.45, 2.75) is 6.43 Å². The van der Waals surface area contributed by atoms with Gasteiger partial charge in [0.15, 0.2) is 0 Å². The summed E-state index contributed by atoms with van der Waals surface area (Å²) in [6.45, 7) is -0.457. The van der Waals surface area contributed by atoms with Crippen molar-refractivity contribution in [2.75, 3.05) is 11.9 Å². The van der Waals surface area contributed by atoms with Crippen LogP contribution in [0.25, 0.3) is 0 Å². The zero-order chi connectivity index (χ0) is 8.97. The lowest BCUT2D eigenvalue weighted by Crippen LogP contribution is -2.12. The van der Waals surface area contributed by atoms with Gasteiger partial charge in [0.1, 0.15) is 0 Å². The maximum atomic E-state index is 11.7. The first-order valence-corrected chi connectivity index (χ1v) is 3.56. The molecule has 0 atom stereocenters. The van der Waals surface area contributed by atoms with E-state index < -0.39 is 13.0 Å². The Bertz CT molecular complexity index is 239. The molecule has 1 N–H and O–H groups in total. The minimum atomic E-state index is -2.41. The molecule has 1 heterocycles. The van der Waals surface area contributed by atoms with Crippen molar-refractivity contribution >= 4 is 17.5 Å². The molecule has 3 nitrogen and oxygen atoms in total. The molecule has 0 bridgehead atoms. The second-order valence-electron chi connectivity index (χ2n) is 2.00. The number of hydrogen-bond donors (Lipinski definition) is 1. The molecule has 6 heteroatoms. The van der Waals surface area contributed by atoms with Crippen LogP contribution in [0.4, 0.5) is 14.7 Å². The zero-order valence-electron chi connectivity index (χ0n) is 5.97. The molecule has 0 saturated carbocycles. The Morgan fingerprint density at radius 2 is 2.00 bits per heavy atom. The maximum Gasteiger partial charge on any atom is 0.255 e. The van der Waals surface area contributed by atoms with Crippen LogP contribution in [0.2, 0.25) is 5.02 Å². The third-order valence-corrected chi connectivity index (χ3v) is 1.23. The molecule has 0 amide bonds. The lowest BCUT2D eigenvalue weighted by Gasteiger charge is -2.01. The molecule has 1 rings (SSSR count). The van der Waals surface area contributed by atoms with E-state index in [4.69, 9.17) is 11.6 Å². The highest BCUT2D eigenvalue weighted by Gasteiger charge is 2.02. The highest BCUT2D eigenvalue weighted by Crippen LogP contribution is 2.05. The van der Waals surface area contributed by atoms with Crippen molar-refractivity contribution in [3.63, 3.8) is 0 Å². The van der Waals surface area contributed by atoms with E-state index in [2.05, 4.69) is 15.3 Å². The monoisotopic (exact) mass is 193 g/mol. The number of aromatic nitrogens is 2. The minimum absolute atomic E-state index is 0.153. The van der Waals surface area contributed by atoms with E-state index >= 15 is 0 Å². The molecule has 1 aromatic heterocycles. The molecular formula is C6H6ClF2N3. The van der Waals surface area contributed by atoms with E-state index in [0.29, 0.717) is 5.02 Å². The van der Waals surface area contributed by atoms with Crippen LogP contribution in [-0.4, -0.2) is 22.9 Å². The molecule has 0 aromatic carbocycles. The standard InChI is InChI=1S/C6H6ClF2N3/c7-4-1-10-6(11-2-4)12-3-5(8)9/h1-2,5H,3H2,(H,10,11,12). The summed E-state index contributed by atoms with van der Waals surface area (Å²) in [7, 11) is 0. The smallest absolute Gasteiger partial charge is 0.255 e. The van der Waals surface area contributed by atoms with Crippen molar-refractivity contribution in [1.29, 1.82) is 0 Å². The Kier molecular flexibility index (Phi) is 3.16. The third-order valence-electron chi connectivity index (χ3n) is 1.03. The predicted molar refractivity (Wildman–Crippen MR) is 41.5 cm³/mol. The van der Waals surface area contributed by atoms with Crippen LogP contribution < -0.4 is 5.32 Å². The van der Waals surface area contributed by atoms with Crippen LogP contribution in [0.1, 0.15) is 0 Å². The van der Waals surface area contributed by atoms with E-state index in [1.165, 1.54) is 12.4 Å². The summed E-state index contributed by atoms with van der Waals surface area (Å²) in [6, 6.07) is 0. The molecule has 0 aliphatic heterocycles. The van der Waals surface area contributed by atoms with Gasteiger partial charge in [-0.3, -0.25) is 0 Å². The molecule has 0 saturated heterocycles. The van der Waals surface area contributed by atoms with Crippen LogP contribution in [0, 0.1) is 0 Å². The summed E-state index contributed by atoms with van der Waals surface area (Å²) in [5, 5.41) is 2.71. The molecule has 0 aliphatic carbocycles. The highest BCUT2D eigenvalue weighted by molar-refractivity contribution is 6.30. The molecule has 1 aromatic rings. The molecule has 0 fully saturated rings. The van der Waals surface area contributed by atoms with Crippen LogP contribution in [0.3, 0.4) is 0 Å². The molecular weight excluding hydrogens is 188 g/mol. The second kappa shape index (κ2) is 4.15. The summed E-state index contributed by atoms with van der Waals surface area (Å²) in [6.07, 6.45) is 0.259. The first kappa shape index (κ1) is 9.12. The average molecular weight is 194 g/mol. The number of anilines is 1. The van der Waals surface area contributed by atoms with Crippen molar-refractivity contribution in [1.82, 2.24) is 9.97 Å². The number of nitrogens with zero attached hydrogens (tertiary/aromatic N) is 2. The summed E-state index contributed by atoms with van der Waals surface area (Å²) in [4.78, 5) is 7.33. The molecule has 0 aliphatic rings. The number of alkyl halides is 2. The van der Waals surface area contributed by atoms with E-state index in [1.54, 1.807) is 0 Å². The van der Waals surface area contributed by atoms with Gasteiger partial charge in [-0.2, -0.15) is 0 Å². The zero-order valence-corrected chi connectivity index (χ0v) is 6.72. The predicted octanol–water partition coefficient (Wildman–Crippen LogP) is 1.81. The van der Waals surface area contributed by atoms with Gasteiger partial charge >= 0.3 is 0 Å². The highest BCUT2D eigenvalue weighted by atomic mass is 35.5. The summed E-state index contributed by atoms with van der Waals surface area (Å²) < 4.78 is 23.3. The van der Waals surface area contributed by atoms with Gasteiger partial charge in [-0.1, -0.05) is 11.6 Å². The average Bonchev–Trinajstić information content (AvgIpc) is 2.03.